The normalized spacial score (nSPS) is 24.5. The molecule has 0 bridgehead atoms. The summed E-state index contributed by atoms with van der Waals surface area (Å²) >= 11 is 0. The first-order valence-corrected chi connectivity index (χ1v) is 12.0. The molecule has 1 N–H and O–H groups in total. The van der Waals surface area contributed by atoms with Crippen LogP contribution in [0.5, 0.6) is 0 Å². The van der Waals surface area contributed by atoms with Crippen molar-refractivity contribution in [1.82, 2.24) is 10.2 Å². The minimum Gasteiger partial charge on any atom is -0.375 e. The van der Waals surface area contributed by atoms with Crippen molar-refractivity contribution < 1.29 is 17.9 Å². The largest absolute Gasteiger partial charge is 0.375 e. The maximum Gasteiger partial charge on any atom is 0.236 e. The highest BCUT2D eigenvalue weighted by atomic mass is 127. The van der Waals surface area contributed by atoms with Gasteiger partial charge in [0.15, 0.2) is 5.96 Å². The van der Waals surface area contributed by atoms with Crippen LogP contribution in [-0.4, -0.2) is 83.7 Å². The number of fused-ring (bicyclic) bond motifs is 1. The molecular formula is C20H31IN4O4S. The number of guanidine groups is 1. The van der Waals surface area contributed by atoms with Gasteiger partial charge in [0.2, 0.25) is 10.0 Å². The molecule has 2 saturated heterocycles. The lowest BCUT2D eigenvalue weighted by Gasteiger charge is -2.37. The molecule has 0 aromatic heterocycles. The van der Waals surface area contributed by atoms with E-state index in [1.54, 1.807) is 7.05 Å². The third-order valence-corrected chi connectivity index (χ3v) is 7.58. The molecule has 8 nitrogen and oxygen atoms in total. The number of hydrogen-bond acceptors (Lipinski definition) is 5. The molecule has 4 rings (SSSR count). The van der Waals surface area contributed by atoms with Gasteiger partial charge in [-0.15, -0.1) is 24.0 Å². The Morgan fingerprint density at radius 3 is 2.77 bits per heavy atom. The lowest BCUT2D eigenvalue weighted by atomic mass is 10.1. The minimum absolute atomic E-state index is 0. The number of morpholine rings is 1. The summed E-state index contributed by atoms with van der Waals surface area (Å²) in [4.78, 5) is 6.49. The summed E-state index contributed by atoms with van der Waals surface area (Å²) in [6.07, 6.45) is 3.05. The van der Waals surface area contributed by atoms with Crippen LogP contribution in [0.4, 0.5) is 5.69 Å². The van der Waals surface area contributed by atoms with Gasteiger partial charge in [-0.25, -0.2) is 8.42 Å². The van der Waals surface area contributed by atoms with Crippen LogP contribution >= 0.6 is 24.0 Å². The molecule has 3 aliphatic heterocycles. The minimum atomic E-state index is -3.38. The zero-order chi connectivity index (χ0) is 20.3. The van der Waals surface area contributed by atoms with E-state index in [0.717, 1.165) is 43.7 Å². The van der Waals surface area contributed by atoms with Crippen molar-refractivity contribution in [3.63, 3.8) is 0 Å². The molecule has 0 saturated carbocycles. The Hall–Kier alpha value is -1.11. The number of benzene rings is 1. The van der Waals surface area contributed by atoms with Crippen LogP contribution in [0, 0.1) is 0 Å². The Kier molecular flexibility index (Phi) is 8.22. The van der Waals surface area contributed by atoms with E-state index in [1.807, 2.05) is 24.3 Å². The third kappa shape index (κ3) is 5.20. The number of rotatable bonds is 5. The lowest BCUT2D eigenvalue weighted by Crippen LogP contribution is -2.54. The van der Waals surface area contributed by atoms with Crippen molar-refractivity contribution >= 4 is 45.6 Å². The molecule has 2 fully saturated rings. The topological polar surface area (TPSA) is 83.5 Å². The predicted molar refractivity (Wildman–Crippen MR) is 128 cm³/mol. The van der Waals surface area contributed by atoms with E-state index < -0.39 is 10.0 Å². The molecule has 0 radical (unpaired) electrons. The van der Waals surface area contributed by atoms with Gasteiger partial charge >= 0.3 is 0 Å². The van der Waals surface area contributed by atoms with E-state index in [1.165, 1.54) is 4.31 Å². The van der Waals surface area contributed by atoms with Crippen molar-refractivity contribution in [2.75, 3.05) is 56.5 Å². The van der Waals surface area contributed by atoms with Crippen molar-refractivity contribution in [2.45, 2.75) is 31.5 Å². The fourth-order valence-corrected chi connectivity index (χ4v) is 5.75. The number of aliphatic imine (C=N–C) groups is 1. The highest BCUT2D eigenvalue weighted by Gasteiger charge is 2.33. The van der Waals surface area contributed by atoms with Gasteiger partial charge in [0.05, 0.1) is 24.2 Å². The van der Waals surface area contributed by atoms with Crippen LogP contribution in [0.15, 0.2) is 29.3 Å². The molecule has 0 aliphatic carbocycles. The fraction of sp³-hybridized carbons (Fsp3) is 0.650. The maximum absolute atomic E-state index is 12.9. The highest BCUT2D eigenvalue weighted by molar-refractivity contribution is 14.0. The van der Waals surface area contributed by atoms with Crippen LogP contribution < -0.4 is 9.62 Å². The van der Waals surface area contributed by atoms with Gasteiger partial charge in [0.1, 0.15) is 6.10 Å². The number of anilines is 1. The van der Waals surface area contributed by atoms with Gasteiger partial charge < -0.3 is 19.7 Å². The lowest BCUT2D eigenvalue weighted by molar-refractivity contribution is -0.0816. The summed E-state index contributed by atoms with van der Waals surface area (Å²) in [5, 5.41) is 3.23. The van der Waals surface area contributed by atoms with Crippen molar-refractivity contribution in [1.29, 1.82) is 0 Å². The number of hydrogen-bond donors (Lipinski definition) is 1. The summed E-state index contributed by atoms with van der Waals surface area (Å²) < 4.78 is 38.9. The number of nitrogens with zero attached hydrogens (tertiary/aromatic N) is 3. The molecule has 168 valence electrons. The van der Waals surface area contributed by atoms with Crippen LogP contribution in [0.3, 0.4) is 0 Å². The number of halogens is 1. The molecule has 2 atom stereocenters. The second-order valence-corrected chi connectivity index (χ2v) is 9.66. The van der Waals surface area contributed by atoms with Gasteiger partial charge in [-0.05, 0) is 30.9 Å². The second kappa shape index (κ2) is 10.5. The molecule has 1 aromatic carbocycles. The summed E-state index contributed by atoms with van der Waals surface area (Å²) in [5.41, 5.74) is 1.90. The zero-order valence-electron chi connectivity index (χ0n) is 17.3. The smallest absolute Gasteiger partial charge is 0.236 e. The second-order valence-electron chi connectivity index (χ2n) is 7.65. The number of ether oxygens (including phenoxy) is 2. The van der Waals surface area contributed by atoms with Crippen molar-refractivity contribution in [2.24, 2.45) is 4.99 Å². The number of nitrogens with one attached hydrogen (secondary N) is 1. The van der Waals surface area contributed by atoms with Gasteiger partial charge in [-0.3, -0.25) is 9.30 Å². The molecule has 0 spiro atoms. The molecular weight excluding hydrogens is 519 g/mol. The van der Waals surface area contributed by atoms with E-state index in [2.05, 4.69) is 15.2 Å². The SMILES string of the molecule is CN=C(NCCS(=O)(=O)N1CCc2ccccc21)N1CCOC(C2CCCO2)C1.I. The molecule has 2 unspecified atom stereocenters. The Labute approximate surface area is 196 Å². The van der Waals surface area contributed by atoms with E-state index in [4.69, 9.17) is 9.47 Å². The molecule has 30 heavy (non-hydrogen) atoms. The highest BCUT2D eigenvalue weighted by Crippen LogP contribution is 2.29. The van der Waals surface area contributed by atoms with Crippen LogP contribution in [-0.2, 0) is 25.9 Å². The van der Waals surface area contributed by atoms with E-state index in [0.29, 0.717) is 32.2 Å². The fourth-order valence-electron chi connectivity index (χ4n) is 4.32. The average molecular weight is 550 g/mol. The van der Waals surface area contributed by atoms with Gasteiger partial charge in [-0.2, -0.15) is 0 Å². The molecule has 3 heterocycles. The van der Waals surface area contributed by atoms with E-state index in [-0.39, 0.29) is 41.9 Å². The van der Waals surface area contributed by atoms with E-state index in [9.17, 15) is 8.42 Å². The Morgan fingerprint density at radius 2 is 2.00 bits per heavy atom. The molecule has 10 heteroatoms. The standard InChI is InChI=1S/C20H30N4O4S.HI/c1-21-20(23-11-13-28-19(15-23)18-7-4-12-27-18)22-9-14-29(25,26)24-10-8-16-5-2-3-6-17(16)24;/h2-3,5-6,18-19H,4,7-15H2,1H3,(H,21,22);1H. The average Bonchev–Trinajstić information content (AvgIpc) is 3.41. The Balaban J connectivity index is 0.00000256. The summed E-state index contributed by atoms with van der Waals surface area (Å²) in [6, 6.07) is 7.71. The summed E-state index contributed by atoms with van der Waals surface area (Å²) in [6.45, 7) is 3.69. The summed E-state index contributed by atoms with van der Waals surface area (Å²) in [5.74, 6) is 0.744. The van der Waals surface area contributed by atoms with Crippen LogP contribution in [0.1, 0.15) is 18.4 Å². The number of para-hydroxylation sites is 1. The number of sulfonamides is 1. The zero-order valence-corrected chi connectivity index (χ0v) is 20.5. The van der Waals surface area contributed by atoms with Crippen molar-refractivity contribution in [3.05, 3.63) is 29.8 Å². The first-order valence-electron chi connectivity index (χ1n) is 10.4. The third-order valence-electron chi connectivity index (χ3n) is 5.81. The Morgan fingerprint density at radius 1 is 1.20 bits per heavy atom. The first-order chi connectivity index (χ1) is 14.1. The molecule has 3 aliphatic rings. The van der Waals surface area contributed by atoms with Crippen LogP contribution in [0.2, 0.25) is 0 Å². The Bertz CT molecular complexity index is 845. The van der Waals surface area contributed by atoms with Gasteiger partial charge in [0, 0.05) is 39.8 Å². The van der Waals surface area contributed by atoms with Crippen molar-refractivity contribution in [3.8, 4) is 0 Å². The first kappa shape index (κ1) is 23.6. The predicted octanol–water partition coefficient (Wildman–Crippen LogP) is 1.45. The summed E-state index contributed by atoms with van der Waals surface area (Å²) in [7, 11) is -1.65. The van der Waals surface area contributed by atoms with Crippen LogP contribution in [0.25, 0.3) is 0 Å². The monoisotopic (exact) mass is 550 g/mol. The van der Waals surface area contributed by atoms with Gasteiger partial charge in [-0.1, -0.05) is 18.2 Å². The molecule has 0 amide bonds. The van der Waals surface area contributed by atoms with E-state index >= 15 is 0 Å². The van der Waals surface area contributed by atoms with Gasteiger partial charge in [0.25, 0.3) is 0 Å². The molecule has 1 aromatic rings. The maximum atomic E-state index is 12.9. The quantitative estimate of drug-likeness (QED) is 0.340.